The van der Waals surface area contributed by atoms with Gasteiger partial charge in [-0.1, -0.05) is 11.6 Å². The van der Waals surface area contributed by atoms with Gasteiger partial charge in [0.25, 0.3) is 0 Å². The fourth-order valence-electron chi connectivity index (χ4n) is 1.85. The molecule has 0 aliphatic heterocycles. The summed E-state index contributed by atoms with van der Waals surface area (Å²) in [6.07, 6.45) is -3.07. The molecular formula is C14H17ClF3NO2. The van der Waals surface area contributed by atoms with E-state index < -0.39 is 17.8 Å². The number of halogens is 4. The second-order valence-electron chi connectivity index (χ2n) is 5.20. The number of benzene rings is 1. The zero-order valence-corrected chi connectivity index (χ0v) is 12.0. The molecule has 2 rings (SSSR count). The van der Waals surface area contributed by atoms with Crippen LogP contribution in [0.5, 0.6) is 0 Å². The standard InChI is InChI=1S/C14H17ClF3NO2/c15-10-3-4-13(12(5-10)14(16,17)18)19-6-11(20)8-21-7-9-1-2-9/h3-5,9,11,19-20H,1-2,6-8H2. The summed E-state index contributed by atoms with van der Waals surface area (Å²) in [6.45, 7) is 0.694. The first-order valence-electron chi connectivity index (χ1n) is 6.72. The lowest BCUT2D eigenvalue weighted by molar-refractivity contribution is -0.137. The Kier molecular flexibility index (Phi) is 5.35. The van der Waals surface area contributed by atoms with Crippen LogP contribution in [0.1, 0.15) is 18.4 Å². The van der Waals surface area contributed by atoms with Gasteiger partial charge in [0, 0.05) is 23.9 Å². The molecule has 1 aromatic carbocycles. The van der Waals surface area contributed by atoms with E-state index in [0.717, 1.165) is 18.9 Å². The van der Waals surface area contributed by atoms with Crippen LogP contribution in [0.4, 0.5) is 18.9 Å². The third-order valence-electron chi connectivity index (χ3n) is 3.18. The summed E-state index contributed by atoms with van der Waals surface area (Å²) in [7, 11) is 0. The van der Waals surface area contributed by atoms with Crippen LogP contribution in [0.2, 0.25) is 5.02 Å². The first kappa shape index (κ1) is 16.4. The van der Waals surface area contributed by atoms with Gasteiger partial charge in [-0.3, -0.25) is 0 Å². The topological polar surface area (TPSA) is 41.5 Å². The molecule has 1 saturated carbocycles. The molecule has 3 nitrogen and oxygen atoms in total. The van der Waals surface area contributed by atoms with Crippen molar-refractivity contribution in [2.24, 2.45) is 5.92 Å². The number of aliphatic hydroxyl groups excluding tert-OH is 1. The number of aliphatic hydroxyl groups is 1. The highest BCUT2D eigenvalue weighted by atomic mass is 35.5. The van der Waals surface area contributed by atoms with E-state index in [1.165, 1.54) is 12.1 Å². The normalized spacial score (nSPS) is 16.8. The van der Waals surface area contributed by atoms with Crippen molar-refractivity contribution in [3.05, 3.63) is 28.8 Å². The third kappa shape index (κ3) is 5.37. The van der Waals surface area contributed by atoms with Crippen LogP contribution < -0.4 is 5.32 Å². The highest BCUT2D eigenvalue weighted by Crippen LogP contribution is 2.36. The number of hydrogen-bond acceptors (Lipinski definition) is 3. The maximum atomic E-state index is 12.9. The van der Waals surface area contributed by atoms with Crippen molar-refractivity contribution in [1.29, 1.82) is 0 Å². The minimum absolute atomic E-state index is 0.0150. The van der Waals surface area contributed by atoms with Gasteiger partial charge < -0.3 is 15.2 Å². The van der Waals surface area contributed by atoms with Gasteiger partial charge in [-0.05, 0) is 37.0 Å². The summed E-state index contributed by atoms with van der Waals surface area (Å²) in [5, 5.41) is 12.3. The fraction of sp³-hybridized carbons (Fsp3) is 0.571. The molecule has 0 spiro atoms. The van der Waals surface area contributed by atoms with Crippen molar-refractivity contribution in [1.82, 2.24) is 0 Å². The molecule has 1 atom stereocenters. The molecule has 1 aromatic rings. The third-order valence-corrected chi connectivity index (χ3v) is 3.41. The van der Waals surface area contributed by atoms with Crippen molar-refractivity contribution >= 4 is 17.3 Å². The van der Waals surface area contributed by atoms with Crippen LogP contribution in [-0.2, 0) is 10.9 Å². The summed E-state index contributed by atoms with van der Waals surface area (Å²) < 4.78 is 43.9. The van der Waals surface area contributed by atoms with E-state index in [1.54, 1.807) is 0 Å². The molecule has 21 heavy (non-hydrogen) atoms. The van der Waals surface area contributed by atoms with E-state index in [-0.39, 0.29) is 23.9 Å². The Hall–Kier alpha value is -0.980. The first-order valence-corrected chi connectivity index (χ1v) is 7.10. The van der Waals surface area contributed by atoms with Crippen LogP contribution >= 0.6 is 11.6 Å². The fourth-order valence-corrected chi connectivity index (χ4v) is 2.02. The highest BCUT2D eigenvalue weighted by Gasteiger charge is 2.33. The zero-order chi connectivity index (χ0) is 15.5. The minimum Gasteiger partial charge on any atom is -0.389 e. The van der Waals surface area contributed by atoms with Crippen molar-refractivity contribution in [2.45, 2.75) is 25.1 Å². The molecule has 0 aromatic heterocycles. The molecule has 1 aliphatic rings. The van der Waals surface area contributed by atoms with Crippen LogP contribution in [0.25, 0.3) is 0 Å². The molecule has 2 N–H and O–H groups in total. The van der Waals surface area contributed by atoms with Gasteiger partial charge in [0.2, 0.25) is 0 Å². The monoisotopic (exact) mass is 323 g/mol. The molecule has 1 unspecified atom stereocenters. The first-order chi connectivity index (χ1) is 9.86. The Morgan fingerprint density at radius 3 is 2.71 bits per heavy atom. The summed E-state index contributed by atoms with van der Waals surface area (Å²) in [5.74, 6) is 0.582. The van der Waals surface area contributed by atoms with Crippen molar-refractivity contribution in [3.8, 4) is 0 Å². The van der Waals surface area contributed by atoms with Gasteiger partial charge >= 0.3 is 6.18 Å². The summed E-state index contributed by atoms with van der Waals surface area (Å²) in [4.78, 5) is 0. The van der Waals surface area contributed by atoms with E-state index in [0.29, 0.717) is 12.5 Å². The van der Waals surface area contributed by atoms with Crippen molar-refractivity contribution < 1.29 is 23.0 Å². The van der Waals surface area contributed by atoms with E-state index in [1.807, 2.05) is 0 Å². The molecule has 1 fully saturated rings. The van der Waals surface area contributed by atoms with E-state index in [2.05, 4.69) is 5.32 Å². The average Bonchev–Trinajstić information content (AvgIpc) is 3.20. The molecule has 0 saturated heterocycles. The summed E-state index contributed by atoms with van der Waals surface area (Å²) >= 11 is 5.59. The number of hydrogen-bond donors (Lipinski definition) is 2. The highest BCUT2D eigenvalue weighted by molar-refractivity contribution is 6.30. The number of ether oxygens (including phenoxy) is 1. The van der Waals surface area contributed by atoms with Gasteiger partial charge in [-0.2, -0.15) is 13.2 Å². The zero-order valence-electron chi connectivity index (χ0n) is 11.3. The number of anilines is 1. The smallest absolute Gasteiger partial charge is 0.389 e. The van der Waals surface area contributed by atoms with E-state index in [9.17, 15) is 18.3 Å². The number of nitrogens with one attached hydrogen (secondary N) is 1. The second-order valence-corrected chi connectivity index (χ2v) is 5.64. The van der Waals surface area contributed by atoms with Crippen molar-refractivity contribution in [2.75, 3.05) is 25.1 Å². The minimum atomic E-state index is -4.50. The molecular weight excluding hydrogens is 307 g/mol. The Labute approximate surface area is 126 Å². The van der Waals surface area contributed by atoms with Crippen LogP contribution in [0.3, 0.4) is 0 Å². The molecule has 1 aliphatic carbocycles. The summed E-state index contributed by atoms with van der Waals surface area (Å²) in [6, 6.07) is 3.48. The van der Waals surface area contributed by atoms with Gasteiger partial charge in [-0.25, -0.2) is 0 Å². The van der Waals surface area contributed by atoms with Gasteiger partial charge in [0.05, 0.1) is 18.3 Å². The molecule has 0 bridgehead atoms. The lowest BCUT2D eigenvalue weighted by Crippen LogP contribution is -2.26. The molecule has 7 heteroatoms. The maximum Gasteiger partial charge on any atom is 0.418 e. The molecule has 0 amide bonds. The maximum absolute atomic E-state index is 12.9. The molecule has 0 radical (unpaired) electrons. The van der Waals surface area contributed by atoms with Gasteiger partial charge in [0.15, 0.2) is 0 Å². The largest absolute Gasteiger partial charge is 0.418 e. The summed E-state index contributed by atoms with van der Waals surface area (Å²) in [5.41, 5.74) is -0.950. The SMILES string of the molecule is OC(CNc1ccc(Cl)cc1C(F)(F)F)COCC1CC1. The lowest BCUT2D eigenvalue weighted by Gasteiger charge is -2.17. The van der Waals surface area contributed by atoms with Crippen LogP contribution in [0, 0.1) is 5.92 Å². The lowest BCUT2D eigenvalue weighted by atomic mass is 10.1. The van der Waals surface area contributed by atoms with Gasteiger partial charge in [0.1, 0.15) is 0 Å². The Morgan fingerprint density at radius 2 is 2.10 bits per heavy atom. The van der Waals surface area contributed by atoms with E-state index in [4.69, 9.17) is 16.3 Å². The Bertz CT molecular complexity index is 478. The molecule has 118 valence electrons. The van der Waals surface area contributed by atoms with Crippen LogP contribution in [-0.4, -0.2) is 31.0 Å². The molecule has 0 heterocycles. The average molecular weight is 324 g/mol. The second kappa shape index (κ2) is 6.85. The van der Waals surface area contributed by atoms with Gasteiger partial charge in [-0.15, -0.1) is 0 Å². The Balaban J connectivity index is 1.86. The predicted molar refractivity (Wildman–Crippen MR) is 74.5 cm³/mol. The quantitative estimate of drug-likeness (QED) is 0.806. The number of rotatable bonds is 7. The van der Waals surface area contributed by atoms with Crippen LogP contribution in [0.15, 0.2) is 18.2 Å². The number of alkyl halides is 3. The van der Waals surface area contributed by atoms with Crippen molar-refractivity contribution in [3.63, 3.8) is 0 Å². The predicted octanol–water partition coefficient (Wildman–Crippen LogP) is 3.56. The Morgan fingerprint density at radius 1 is 1.38 bits per heavy atom. The van der Waals surface area contributed by atoms with E-state index >= 15 is 0 Å².